The first kappa shape index (κ1) is 24.7. The summed E-state index contributed by atoms with van der Waals surface area (Å²) in [7, 11) is 0. The number of fused-ring (bicyclic) bond motifs is 2. The van der Waals surface area contributed by atoms with Gasteiger partial charge < -0.3 is 24.4 Å². The van der Waals surface area contributed by atoms with Gasteiger partial charge in [0.05, 0.1) is 31.3 Å². The number of ether oxygens (including phenoxy) is 2. The number of esters is 1. The fourth-order valence-electron chi connectivity index (χ4n) is 6.16. The molecular weight excluding hydrogens is 460 g/mol. The number of rotatable bonds is 5. The first-order chi connectivity index (χ1) is 17.4. The van der Waals surface area contributed by atoms with Crippen molar-refractivity contribution >= 4 is 17.8 Å². The molecule has 192 valence electrons. The number of carbonyl (C=O) groups is 3. The number of likely N-dealkylation sites (tertiary alicyclic amines) is 1. The van der Waals surface area contributed by atoms with Crippen LogP contribution in [0.2, 0.25) is 0 Å². The number of aliphatic hydroxyl groups excluding tert-OH is 1. The Hall–Kier alpha value is -2.97. The number of allylic oxidation sites excluding steroid dienone is 1. The summed E-state index contributed by atoms with van der Waals surface area (Å²) in [5, 5.41) is 10.3. The van der Waals surface area contributed by atoms with E-state index in [1.807, 2.05) is 68.5 Å². The van der Waals surface area contributed by atoms with Gasteiger partial charge in [0.1, 0.15) is 17.6 Å². The summed E-state index contributed by atoms with van der Waals surface area (Å²) in [6.07, 6.45) is 8.26. The van der Waals surface area contributed by atoms with Crippen molar-refractivity contribution in [2.75, 3.05) is 19.8 Å². The Morgan fingerprint density at radius 2 is 1.89 bits per heavy atom. The summed E-state index contributed by atoms with van der Waals surface area (Å²) >= 11 is 0. The van der Waals surface area contributed by atoms with E-state index in [1.165, 1.54) is 4.90 Å². The van der Waals surface area contributed by atoms with Gasteiger partial charge in [0, 0.05) is 13.1 Å². The second-order valence-electron chi connectivity index (χ2n) is 10.4. The SMILES string of the molecule is CC(C)C(CO)N1C(=O)[C@@H]2C3C(=O)OCCC/C=C\[C@H]3OC23C=CCN(Cc2ccccc2)C(=O)[C@@H]13. The van der Waals surface area contributed by atoms with Gasteiger partial charge in [-0.3, -0.25) is 14.4 Å². The Balaban J connectivity index is 1.61. The van der Waals surface area contributed by atoms with E-state index in [4.69, 9.17) is 9.47 Å². The van der Waals surface area contributed by atoms with Crippen LogP contribution in [0.1, 0.15) is 32.3 Å². The molecule has 8 nitrogen and oxygen atoms in total. The van der Waals surface area contributed by atoms with Gasteiger partial charge in [0.15, 0.2) is 0 Å². The molecule has 0 saturated carbocycles. The van der Waals surface area contributed by atoms with Crippen LogP contribution < -0.4 is 0 Å². The van der Waals surface area contributed by atoms with Gasteiger partial charge in [-0.15, -0.1) is 0 Å². The third kappa shape index (κ3) is 3.96. The first-order valence-corrected chi connectivity index (χ1v) is 12.8. The molecule has 1 aromatic rings. The molecular formula is C28H34N2O6. The van der Waals surface area contributed by atoms with Crippen molar-refractivity contribution in [1.82, 2.24) is 9.80 Å². The predicted octanol–water partition coefficient (Wildman–Crippen LogP) is 2.08. The molecule has 4 aliphatic rings. The van der Waals surface area contributed by atoms with Crippen LogP contribution in [0.3, 0.4) is 0 Å². The number of nitrogens with zero attached hydrogens (tertiary/aromatic N) is 2. The molecule has 8 heteroatoms. The molecule has 6 atom stereocenters. The van der Waals surface area contributed by atoms with E-state index in [2.05, 4.69) is 0 Å². The zero-order chi connectivity index (χ0) is 25.4. The predicted molar refractivity (Wildman–Crippen MR) is 131 cm³/mol. The monoisotopic (exact) mass is 494 g/mol. The summed E-state index contributed by atoms with van der Waals surface area (Å²) in [5.41, 5.74) is -0.346. The maximum Gasteiger partial charge on any atom is 0.312 e. The van der Waals surface area contributed by atoms with E-state index in [9.17, 15) is 19.5 Å². The largest absolute Gasteiger partial charge is 0.465 e. The molecule has 4 aliphatic heterocycles. The number of benzene rings is 1. The highest BCUT2D eigenvalue weighted by Crippen LogP contribution is 2.54. The third-order valence-corrected chi connectivity index (χ3v) is 7.90. The molecule has 3 unspecified atom stereocenters. The van der Waals surface area contributed by atoms with Crippen molar-refractivity contribution in [3.05, 3.63) is 60.2 Å². The fourth-order valence-corrected chi connectivity index (χ4v) is 6.16. The number of carbonyl (C=O) groups excluding carboxylic acids is 3. The standard InChI is InChI=1S/C28H34N2O6/c1-18(2)20(17-31)30-24-26(33)29(16-19-10-5-3-6-11-19)14-9-13-28(24)23(25(30)32)22-21(36-28)12-7-4-8-15-35-27(22)34/h3,5-7,9-13,18,20-24,31H,4,8,14-17H2,1-2H3/b12-7-/t20?,21-,22?,23+,24-,28?/m1/s1. The first-order valence-electron chi connectivity index (χ1n) is 12.8. The molecule has 0 bridgehead atoms. The van der Waals surface area contributed by atoms with Crippen LogP contribution >= 0.6 is 0 Å². The van der Waals surface area contributed by atoms with E-state index in [0.29, 0.717) is 19.5 Å². The van der Waals surface area contributed by atoms with Crippen LogP contribution in [-0.2, 0) is 30.4 Å². The van der Waals surface area contributed by atoms with Crippen molar-refractivity contribution in [2.45, 2.75) is 57.0 Å². The topological polar surface area (TPSA) is 96.4 Å². The Morgan fingerprint density at radius 3 is 2.61 bits per heavy atom. The second-order valence-corrected chi connectivity index (χ2v) is 10.4. The number of cyclic esters (lactones) is 1. The minimum Gasteiger partial charge on any atom is -0.465 e. The van der Waals surface area contributed by atoms with Crippen molar-refractivity contribution < 1.29 is 29.0 Å². The van der Waals surface area contributed by atoms with Crippen LogP contribution in [0.5, 0.6) is 0 Å². The third-order valence-electron chi connectivity index (χ3n) is 7.90. The minimum absolute atomic E-state index is 0.111. The lowest BCUT2D eigenvalue weighted by Crippen LogP contribution is -2.59. The van der Waals surface area contributed by atoms with Crippen molar-refractivity contribution in [2.24, 2.45) is 17.8 Å². The second kappa shape index (κ2) is 9.82. The molecule has 1 aromatic carbocycles. The Morgan fingerprint density at radius 1 is 1.11 bits per heavy atom. The average Bonchev–Trinajstić information content (AvgIpc) is 3.27. The van der Waals surface area contributed by atoms with Crippen LogP contribution in [-0.4, -0.2) is 76.2 Å². The van der Waals surface area contributed by atoms with E-state index < -0.39 is 41.6 Å². The molecule has 0 aliphatic carbocycles. The lowest BCUT2D eigenvalue weighted by atomic mass is 9.78. The van der Waals surface area contributed by atoms with Crippen LogP contribution in [0.4, 0.5) is 0 Å². The summed E-state index contributed by atoms with van der Waals surface area (Å²) in [5.74, 6) is -2.94. The van der Waals surface area contributed by atoms with Gasteiger partial charge in [0.25, 0.3) is 0 Å². The fraction of sp³-hybridized carbons (Fsp3) is 0.536. The quantitative estimate of drug-likeness (QED) is 0.497. The molecule has 0 aromatic heterocycles. The highest BCUT2D eigenvalue weighted by molar-refractivity contribution is 5.99. The zero-order valence-electron chi connectivity index (χ0n) is 20.8. The highest BCUT2D eigenvalue weighted by Gasteiger charge is 2.72. The van der Waals surface area contributed by atoms with E-state index >= 15 is 0 Å². The number of amides is 2. The van der Waals surface area contributed by atoms with Crippen molar-refractivity contribution in [3.63, 3.8) is 0 Å². The van der Waals surface area contributed by atoms with Crippen molar-refractivity contribution in [1.29, 1.82) is 0 Å². The van der Waals surface area contributed by atoms with Crippen LogP contribution in [0.15, 0.2) is 54.6 Å². The smallest absolute Gasteiger partial charge is 0.312 e. The molecule has 4 heterocycles. The minimum atomic E-state index is -1.32. The molecule has 36 heavy (non-hydrogen) atoms. The van der Waals surface area contributed by atoms with E-state index in [1.54, 1.807) is 4.90 Å². The van der Waals surface area contributed by atoms with Crippen LogP contribution in [0.25, 0.3) is 0 Å². The van der Waals surface area contributed by atoms with Gasteiger partial charge >= 0.3 is 5.97 Å². The molecule has 2 fully saturated rings. The van der Waals surface area contributed by atoms with Crippen LogP contribution in [0, 0.1) is 17.8 Å². The normalized spacial score (nSPS) is 33.7. The van der Waals surface area contributed by atoms with Gasteiger partial charge in [-0.25, -0.2) is 0 Å². The molecule has 2 saturated heterocycles. The van der Waals surface area contributed by atoms with Gasteiger partial charge in [-0.2, -0.15) is 0 Å². The maximum absolute atomic E-state index is 14.2. The Bertz CT molecular complexity index is 1070. The average molecular weight is 495 g/mol. The molecule has 5 rings (SSSR count). The highest BCUT2D eigenvalue weighted by atomic mass is 16.6. The maximum atomic E-state index is 14.2. The summed E-state index contributed by atoms with van der Waals surface area (Å²) in [4.78, 5) is 44.9. The summed E-state index contributed by atoms with van der Waals surface area (Å²) in [6, 6.07) is 8.10. The van der Waals surface area contributed by atoms with E-state index in [-0.39, 0.29) is 30.9 Å². The summed E-state index contributed by atoms with van der Waals surface area (Å²) < 4.78 is 12.1. The number of aliphatic hydroxyl groups is 1. The zero-order valence-corrected chi connectivity index (χ0v) is 20.8. The van der Waals surface area contributed by atoms with Crippen molar-refractivity contribution in [3.8, 4) is 0 Å². The molecule has 1 N–H and O–H groups in total. The lowest BCUT2D eigenvalue weighted by molar-refractivity contribution is -0.157. The Kier molecular flexibility index (Phi) is 6.74. The lowest BCUT2D eigenvalue weighted by Gasteiger charge is -2.39. The van der Waals surface area contributed by atoms with Gasteiger partial charge in [0.2, 0.25) is 11.8 Å². The molecule has 0 radical (unpaired) electrons. The van der Waals surface area contributed by atoms with Gasteiger partial charge in [-0.05, 0) is 24.3 Å². The number of hydrogen-bond donors (Lipinski definition) is 1. The Labute approximate surface area is 211 Å². The van der Waals surface area contributed by atoms with Gasteiger partial charge in [-0.1, -0.05) is 68.5 Å². The number of hydrogen-bond acceptors (Lipinski definition) is 6. The van der Waals surface area contributed by atoms with E-state index in [0.717, 1.165) is 12.0 Å². The molecule has 1 spiro atoms. The molecule has 2 amide bonds. The summed E-state index contributed by atoms with van der Waals surface area (Å²) in [6.45, 7) is 4.53.